The molecule has 0 aliphatic rings. The number of halogens is 1. The molecule has 0 saturated carbocycles. The fraction of sp³-hybridized carbons (Fsp3) is 0.455. The Hall–Kier alpha value is -1.54. The standard InChI is InChI=1S/C11H15FN2O4S/c1-19(17,18)4-2-3-13-8-9-5-10(12)7-11(6-9)14(15)16/h5-7,13H,2-4,8H2,1H3. The summed E-state index contributed by atoms with van der Waals surface area (Å²) in [5.41, 5.74) is 0.152. The van der Waals surface area contributed by atoms with Crippen molar-refractivity contribution in [2.45, 2.75) is 13.0 Å². The highest BCUT2D eigenvalue weighted by Crippen LogP contribution is 2.16. The SMILES string of the molecule is CS(=O)(=O)CCCNCc1cc(F)cc([N+](=O)[O-])c1. The molecule has 1 aromatic rings. The molecule has 0 radical (unpaired) electrons. The van der Waals surface area contributed by atoms with Crippen LogP contribution in [0.2, 0.25) is 0 Å². The van der Waals surface area contributed by atoms with Gasteiger partial charge in [0.2, 0.25) is 0 Å². The zero-order valence-electron chi connectivity index (χ0n) is 10.4. The van der Waals surface area contributed by atoms with Crippen LogP contribution in [0.1, 0.15) is 12.0 Å². The van der Waals surface area contributed by atoms with Crippen LogP contribution in [-0.4, -0.2) is 31.9 Å². The van der Waals surface area contributed by atoms with Crippen LogP contribution < -0.4 is 5.32 Å². The number of sulfone groups is 1. The molecule has 0 unspecified atom stereocenters. The van der Waals surface area contributed by atoms with Crippen molar-refractivity contribution >= 4 is 15.5 Å². The van der Waals surface area contributed by atoms with Gasteiger partial charge in [-0.05, 0) is 24.6 Å². The number of benzene rings is 1. The maximum Gasteiger partial charge on any atom is 0.272 e. The predicted octanol–water partition coefficient (Wildman–Crippen LogP) is 1.26. The Labute approximate surface area is 110 Å². The van der Waals surface area contributed by atoms with E-state index >= 15 is 0 Å². The normalized spacial score (nSPS) is 11.5. The quantitative estimate of drug-likeness (QED) is 0.464. The summed E-state index contributed by atoms with van der Waals surface area (Å²) in [6, 6.07) is 3.34. The van der Waals surface area contributed by atoms with E-state index in [4.69, 9.17) is 0 Å². The maximum atomic E-state index is 13.1. The minimum atomic E-state index is -2.98. The van der Waals surface area contributed by atoms with Gasteiger partial charge in [0.15, 0.2) is 0 Å². The topological polar surface area (TPSA) is 89.3 Å². The van der Waals surface area contributed by atoms with Crippen LogP contribution in [0.25, 0.3) is 0 Å². The smallest absolute Gasteiger partial charge is 0.272 e. The third kappa shape index (κ3) is 6.25. The van der Waals surface area contributed by atoms with E-state index in [1.54, 1.807) is 0 Å². The maximum absolute atomic E-state index is 13.1. The molecule has 6 nitrogen and oxygen atoms in total. The number of nitro groups is 1. The lowest BCUT2D eigenvalue weighted by molar-refractivity contribution is -0.385. The first kappa shape index (κ1) is 15.5. The van der Waals surface area contributed by atoms with E-state index in [0.29, 0.717) is 18.5 Å². The highest BCUT2D eigenvalue weighted by atomic mass is 32.2. The fourth-order valence-electron chi connectivity index (χ4n) is 1.53. The van der Waals surface area contributed by atoms with Gasteiger partial charge >= 0.3 is 0 Å². The van der Waals surface area contributed by atoms with E-state index in [1.165, 1.54) is 12.1 Å². The number of nitrogens with one attached hydrogen (secondary N) is 1. The molecule has 0 bridgehead atoms. The van der Waals surface area contributed by atoms with Gasteiger partial charge in [-0.3, -0.25) is 10.1 Å². The third-order valence-corrected chi connectivity index (χ3v) is 3.38. The third-order valence-electron chi connectivity index (χ3n) is 2.35. The summed E-state index contributed by atoms with van der Waals surface area (Å²) in [7, 11) is -2.98. The van der Waals surface area contributed by atoms with Crippen molar-refractivity contribution in [1.29, 1.82) is 0 Å². The molecule has 8 heteroatoms. The summed E-state index contributed by atoms with van der Waals surface area (Å²) in [5.74, 6) is -0.592. The highest BCUT2D eigenvalue weighted by molar-refractivity contribution is 7.90. The summed E-state index contributed by atoms with van der Waals surface area (Å²) in [6.45, 7) is 0.694. The number of hydrogen-bond donors (Lipinski definition) is 1. The lowest BCUT2D eigenvalue weighted by Gasteiger charge is -2.05. The molecule has 0 aliphatic heterocycles. The monoisotopic (exact) mass is 290 g/mol. The van der Waals surface area contributed by atoms with Crippen molar-refractivity contribution in [3.05, 3.63) is 39.7 Å². The first-order valence-corrected chi connectivity index (χ1v) is 7.66. The van der Waals surface area contributed by atoms with Gasteiger partial charge in [0.1, 0.15) is 15.7 Å². The van der Waals surface area contributed by atoms with E-state index in [-0.39, 0.29) is 18.0 Å². The first-order chi connectivity index (χ1) is 8.78. The van der Waals surface area contributed by atoms with E-state index in [1.807, 2.05) is 0 Å². The van der Waals surface area contributed by atoms with Crippen LogP contribution >= 0.6 is 0 Å². The van der Waals surface area contributed by atoms with Crippen molar-refractivity contribution < 1.29 is 17.7 Å². The van der Waals surface area contributed by atoms with Gasteiger partial charge in [-0.25, -0.2) is 12.8 Å². The first-order valence-electron chi connectivity index (χ1n) is 5.60. The summed E-state index contributed by atoms with van der Waals surface area (Å²) in [5, 5.41) is 13.5. The number of non-ortho nitro benzene ring substituents is 1. The Morgan fingerprint density at radius 1 is 1.37 bits per heavy atom. The predicted molar refractivity (Wildman–Crippen MR) is 69.1 cm³/mol. The molecule has 0 aliphatic carbocycles. The minimum absolute atomic E-state index is 0.0727. The van der Waals surface area contributed by atoms with Gasteiger partial charge in [-0.1, -0.05) is 0 Å². The average Bonchev–Trinajstić information content (AvgIpc) is 2.26. The van der Waals surface area contributed by atoms with Crippen molar-refractivity contribution in [2.24, 2.45) is 0 Å². The molecule has 0 aromatic heterocycles. The molecule has 0 amide bonds. The van der Waals surface area contributed by atoms with Crippen LogP contribution in [0.3, 0.4) is 0 Å². The van der Waals surface area contributed by atoms with E-state index in [9.17, 15) is 22.9 Å². The van der Waals surface area contributed by atoms with E-state index in [2.05, 4.69) is 5.32 Å². The fourth-order valence-corrected chi connectivity index (χ4v) is 2.20. The molecular weight excluding hydrogens is 275 g/mol. The molecule has 0 fully saturated rings. The Morgan fingerprint density at radius 3 is 2.63 bits per heavy atom. The largest absolute Gasteiger partial charge is 0.313 e. The molecular formula is C11H15FN2O4S. The van der Waals surface area contributed by atoms with Gasteiger partial charge in [-0.2, -0.15) is 0 Å². The van der Waals surface area contributed by atoms with Gasteiger partial charge in [-0.15, -0.1) is 0 Å². The molecule has 1 N–H and O–H groups in total. The van der Waals surface area contributed by atoms with Gasteiger partial charge in [0.25, 0.3) is 5.69 Å². The molecule has 1 rings (SSSR count). The van der Waals surface area contributed by atoms with E-state index in [0.717, 1.165) is 12.3 Å². The molecule has 0 heterocycles. The van der Waals surface area contributed by atoms with Crippen LogP contribution in [-0.2, 0) is 16.4 Å². The Kier molecular flexibility index (Phi) is 5.37. The average molecular weight is 290 g/mol. The zero-order chi connectivity index (χ0) is 14.5. The minimum Gasteiger partial charge on any atom is -0.313 e. The summed E-state index contributed by atoms with van der Waals surface area (Å²) >= 11 is 0. The van der Waals surface area contributed by atoms with Gasteiger partial charge in [0.05, 0.1) is 16.7 Å². The Morgan fingerprint density at radius 2 is 2.05 bits per heavy atom. The highest BCUT2D eigenvalue weighted by Gasteiger charge is 2.09. The van der Waals surface area contributed by atoms with Crippen LogP contribution in [0.5, 0.6) is 0 Å². The number of rotatable bonds is 7. The Bertz CT molecular complexity index is 560. The van der Waals surface area contributed by atoms with Crippen molar-refractivity contribution in [1.82, 2.24) is 5.32 Å². The Balaban J connectivity index is 2.47. The lowest BCUT2D eigenvalue weighted by Crippen LogP contribution is -2.18. The lowest BCUT2D eigenvalue weighted by atomic mass is 10.2. The number of nitrogens with zero attached hydrogens (tertiary/aromatic N) is 1. The molecule has 0 saturated heterocycles. The van der Waals surface area contributed by atoms with Crippen LogP contribution in [0.15, 0.2) is 18.2 Å². The van der Waals surface area contributed by atoms with Crippen LogP contribution in [0, 0.1) is 15.9 Å². The van der Waals surface area contributed by atoms with Crippen molar-refractivity contribution in [2.75, 3.05) is 18.6 Å². The van der Waals surface area contributed by atoms with Crippen LogP contribution in [0.4, 0.5) is 10.1 Å². The number of nitro benzene ring substituents is 1. The second-order valence-corrected chi connectivity index (χ2v) is 6.49. The molecule has 0 atom stereocenters. The summed E-state index contributed by atoms with van der Waals surface area (Å²) in [6.07, 6.45) is 1.60. The zero-order valence-corrected chi connectivity index (χ0v) is 11.2. The summed E-state index contributed by atoms with van der Waals surface area (Å²) in [4.78, 5) is 9.89. The van der Waals surface area contributed by atoms with Crippen molar-refractivity contribution in [3.63, 3.8) is 0 Å². The molecule has 19 heavy (non-hydrogen) atoms. The number of hydrogen-bond acceptors (Lipinski definition) is 5. The van der Waals surface area contributed by atoms with Gasteiger partial charge in [0, 0.05) is 18.9 Å². The second kappa shape index (κ2) is 6.58. The van der Waals surface area contributed by atoms with Gasteiger partial charge < -0.3 is 5.32 Å². The molecule has 1 aromatic carbocycles. The summed E-state index contributed by atoms with van der Waals surface area (Å²) < 4.78 is 34.9. The van der Waals surface area contributed by atoms with E-state index < -0.39 is 20.6 Å². The molecule has 0 spiro atoms. The second-order valence-electron chi connectivity index (χ2n) is 4.23. The molecule has 106 valence electrons. The van der Waals surface area contributed by atoms with Crippen molar-refractivity contribution in [3.8, 4) is 0 Å².